The van der Waals surface area contributed by atoms with Crippen LogP contribution in [0.4, 0.5) is 5.00 Å². The quantitative estimate of drug-likeness (QED) is 0.549. The summed E-state index contributed by atoms with van der Waals surface area (Å²) in [5, 5.41) is 10.2. The Morgan fingerprint density at radius 3 is 2.56 bits per heavy atom. The Bertz CT molecular complexity index is 1150. The van der Waals surface area contributed by atoms with E-state index in [1.165, 1.54) is 11.3 Å². The molecule has 7 heteroatoms. The molecule has 6 nitrogen and oxygen atoms in total. The van der Waals surface area contributed by atoms with E-state index in [-0.39, 0.29) is 0 Å². The SMILES string of the molecule is COc1ccc(-c2c(C#N)sc(N)c2-c2nc3ccccc3[nH]2)cc1OC. The first-order valence-corrected chi connectivity index (χ1v) is 8.97. The Morgan fingerprint density at radius 1 is 1.07 bits per heavy atom. The van der Waals surface area contributed by atoms with Gasteiger partial charge in [0.2, 0.25) is 0 Å². The summed E-state index contributed by atoms with van der Waals surface area (Å²) in [5.74, 6) is 1.84. The Morgan fingerprint density at radius 2 is 1.85 bits per heavy atom. The molecule has 27 heavy (non-hydrogen) atoms. The first-order chi connectivity index (χ1) is 13.2. The van der Waals surface area contributed by atoms with Crippen LogP contribution < -0.4 is 15.2 Å². The number of benzene rings is 2. The van der Waals surface area contributed by atoms with E-state index in [0.717, 1.165) is 27.7 Å². The summed E-state index contributed by atoms with van der Waals surface area (Å²) in [5.41, 5.74) is 10.3. The number of aromatic nitrogens is 2. The monoisotopic (exact) mass is 376 g/mol. The lowest BCUT2D eigenvalue weighted by molar-refractivity contribution is 0.355. The zero-order valence-corrected chi connectivity index (χ0v) is 15.6. The first kappa shape index (κ1) is 16.9. The molecule has 0 saturated heterocycles. The van der Waals surface area contributed by atoms with Crippen LogP contribution in [0, 0.1) is 11.3 Å². The van der Waals surface area contributed by atoms with Gasteiger partial charge in [0.25, 0.3) is 0 Å². The van der Waals surface area contributed by atoms with E-state index in [9.17, 15) is 5.26 Å². The van der Waals surface area contributed by atoms with E-state index in [1.54, 1.807) is 14.2 Å². The summed E-state index contributed by atoms with van der Waals surface area (Å²) >= 11 is 1.25. The van der Waals surface area contributed by atoms with Gasteiger partial charge in [-0.05, 0) is 29.8 Å². The molecule has 0 saturated carbocycles. The highest BCUT2D eigenvalue weighted by Crippen LogP contribution is 2.45. The van der Waals surface area contributed by atoms with Crippen LogP contribution in [-0.2, 0) is 0 Å². The number of nitriles is 1. The van der Waals surface area contributed by atoms with Crippen LogP contribution in [0.15, 0.2) is 42.5 Å². The normalized spacial score (nSPS) is 10.7. The molecule has 0 aliphatic heterocycles. The van der Waals surface area contributed by atoms with Gasteiger partial charge >= 0.3 is 0 Å². The number of H-pyrrole nitrogens is 1. The largest absolute Gasteiger partial charge is 0.493 e. The van der Waals surface area contributed by atoms with Gasteiger partial charge < -0.3 is 20.2 Å². The van der Waals surface area contributed by atoms with Crippen molar-refractivity contribution in [3.8, 4) is 40.1 Å². The number of hydrogen-bond donors (Lipinski definition) is 2. The molecule has 0 radical (unpaired) electrons. The van der Waals surface area contributed by atoms with E-state index < -0.39 is 0 Å². The molecule has 0 aliphatic carbocycles. The number of nitrogen functional groups attached to an aromatic ring is 1. The van der Waals surface area contributed by atoms with Gasteiger partial charge in [0.05, 0.1) is 35.8 Å². The molecular formula is C20H16N4O2S. The number of hydrogen-bond acceptors (Lipinski definition) is 6. The molecule has 4 aromatic rings. The average Bonchev–Trinajstić information content (AvgIpc) is 3.27. The molecule has 2 aromatic heterocycles. The number of nitrogens with zero attached hydrogens (tertiary/aromatic N) is 2. The number of nitrogens with two attached hydrogens (primary N) is 1. The Hall–Kier alpha value is -3.50. The summed E-state index contributed by atoms with van der Waals surface area (Å²) in [6, 6.07) is 15.5. The molecule has 0 spiro atoms. The maximum atomic E-state index is 9.65. The average molecular weight is 376 g/mol. The number of methoxy groups -OCH3 is 2. The second kappa shape index (κ2) is 6.67. The number of anilines is 1. The minimum absolute atomic E-state index is 0.523. The van der Waals surface area contributed by atoms with Gasteiger partial charge in [-0.1, -0.05) is 18.2 Å². The van der Waals surface area contributed by atoms with Crippen molar-refractivity contribution in [2.75, 3.05) is 20.0 Å². The molecule has 0 bridgehead atoms. The lowest BCUT2D eigenvalue weighted by Crippen LogP contribution is -1.93. The number of imidazole rings is 1. The number of rotatable bonds is 4. The van der Waals surface area contributed by atoms with E-state index in [2.05, 4.69) is 16.0 Å². The number of fused-ring (bicyclic) bond motifs is 1. The van der Waals surface area contributed by atoms with E-state index in [4.69, 9.17) is 15.2 Å². The van der Waals surface area contributed by atoms with Crippen LogP contribution in [-0.4, -0.2) is 24.2 Å². The highest BCUT2D eigenvalue weighted by molar-refractivity contribution is 7.17. The third-order valence-corrected chi connectivity index (χ3v) is 5.26. The summed E-state index contributed by atoms with van der Waals surface area (Å²) in [6.45, 7) is 0. The molecule has 2 aromatic carbocycles. The van der Waals surface area contributed by atoms with E-state index in [0.29, 0.717) is 27.2 Å². The number of aromatic amines is 1. The Kier molecular flexibility index (Phi) is 4.18. The fourth-order valence-electron chi connectivity index (χ4n) is 3.10. The second-order valence-corrected chi connectivity index (χ2v) is 6.88. The lowest BCUT2D eigenvalue weighted by Gasteiger charge is -2.10. The minimum atomic E-state index is 0.523. The maximum Gasteiger partial charge on any atom is 0.161 e. The Labute approximate surface area is 159 Å². The topological polar surface area (TPSA) is 97.0 Å². The second-order valence-electron chi connectivity index (χ2n) is 5.83. The standard InChI is InChI=1S/C20H16N4O2S/c1-25-14-8-7-11(9-15(14)26-2)17-16(10-21)27-19(22)18(17)20-23-12-5-3-4-6-13(12)24-20/h3-9H,22H2,1-2H3,(H,23,24). The first-order valence-electron chi connectivity index (χ1n) is 8.16. The van der Waals surface area contributed by atoms with E-state index >= 15 is 0 Å². The highest BCUT2D eigenvalue weighted by Gasteiger charge is 2.23. The smallest absolute Gasteiger partial charge is 0.161 e. The van der Waals surface area contributed by atoms with Gasteiger partial charge in [0.15, 0.2) is 11.5 Å². The highest BCUT2D eigenvalue weighted by atomic mass is 32.1. The molecule has 0 atom stereocenters. The van der Waals surface area contributed by atoms with Crippen molar-refractivity contribution in [2.24, 2.45) is 0 Å². The molecule has 3 N–H and O–H groups in total. The summed E-state index contributed by atoms with van der Waals surface area (Å²) in [7, 11) is 3.16. The molecule has 0 amide bonds. The summed E-state index contributed by atoms with van der Waals surface area (Å²) in [6.07, 6.45) is 0. The summed E-state index contributed by atoms with van der Waals surface area (Å²) in [4.78, 5) is 8.48. The zero-order valence-electron chi connectivity index (χ0n) is 14.7. The molecule has 0 aliphatic rings. The third-order valence-electron chi connectivity index (χ3n) is 4.34. The van der Waals surface area contributed by atoms with Crippen LogP contribution >= 0.6 is 11.3 Å². The van der Waals surface area contributed by atoms with Crippen molar-refractivity contribution >= 4 is 27.4 Å². The molecule has 0 fully saturated rings. The number of ether oxygens (including phenoxy) is 2. The van der Waals surface area contributed by atoms with Crippen LogP contribution in [0.2, 0.25) is 0 Å². The van der Waals surface area contributed by atoms with Crippen molar-refractivity contribution in [3.05, 3.63) is 47.3 Å². The summed E-state index contributed by atoms with van der Waals surface area (Å²) < 4.78 is 10.7. The predicted molar refractivity (Wildman–Crippen MR) is 107 cm³/mol. The van der Waals surface area contributed by atoms with Gasteiger partial charge in [0, 0.05) is 5.56 Å². The number of nitrogens with one attached hydrogen (secondary N) is 1. The van der Waals surface area contributed by atoms with Crippen LogP contribution in [0.1, 0.15) is 4.88 Å². The van der Waals surface area contributed by atoms with Crippen LogP contribution in [0.3, 0.4) is 0 Å². The fourth-order valence-corrected chi connectivity index (χ4v) is 3.99. The van der Waals surface area contributed by atoms with Gasteiger partial charge in [-0.15, -0.1) is 11.3 Å². The van der Waals surface area contributed by atoms with Crippen molar-refractivity contribution < 1.29 is 9.47 Å². The van der Waals surface area contributed by atoms with Crippen LogP contribution in [0.5, 0.6) is 11.5 Å². The number of thiophene rings is 1. The number of para-hydroxylation sites is 2. The van der Waals surface area contributed by atoms with Crippen molar-refractivity contribution in [1.29, 1.82) is 5.26 Å². The molecule has 2 heterocycles. The molecular weight excluding hydrogens is 360 g/mol. The molecule has 4 rings (SSSR count). The molecule has 134 valence electrons. The molecule has 0 unspecified atom stereocenters. The predicted octanol–water partition coefficient (Wildman–Crippen LogP) is 4.43. The van der Waals surface area contributed by atoms with Gasteiger partial charge in [0.1, 0.15) is 16.8 Å². The zero-order chi connectivity index (χ0) is 19.0. The van der Waals surface area contributed by atoms with Crippen molar-refractivity contribution in [1.82, 2.24) is 9.97 Å². The van der Waals surface area contributed by atoms with E-state index in [1.807, 2.05) is 42.5 Å². The Balaban J connectivity index is 1.97. The van der Waals surface area contributed by atoms with Gasteiger partial charge in [-0.25, -0.2) is 4.98 Å². The van der Waals surface area contributed by atoms with Crippen LogP contribution in [0.25, 0.3) is 33.5 Å². The van der Waals surface area contributed by atoms with Gasteiger partial charge in [-0.3, -0.25) is 0 Å². The third kappa shape index (κ3) is 2.76. The van der Waals surface area contributed by atoms with Crippen molar-refractivity contribution in [3.63, 3.8) is 0 Å². The fraction of sp³-hybridized carbons (Fsp3) is 0.100. The maximum absolute atomic E-state index is 9.65. The minimum Gasteiger partial charge on any atom is -0.493 e. The van der Waals surface area contributed by atoms with Gasteiger partial charge in [-0.2, -0.15) is 5.26 Å². The lowest BCUT2D eigenvalue weighted by atomic mass is 10.0. The van der Waals surface area contributed by atoms with Crippen molar-refractivity contribution in [2.45, 2.75) is 0 Å².